The minimum Gasteiger partial charge on any atom is -0.338 e. The number of hydrogen-bond acceptors (Lipinski definition) is 3. The van der Waals surface area contributed by atoms with Crippen LogP contribution >= 0.6 is 0 Å². The SMILES string of the molecule is Cc1nc2ccccc2c(=O)n1CC(=O)N1CCC[C@H]2CCCC[C@@H]21. The van der Waals surface area contributed by atoms with E-state index < -0.39 is 0 Å². The zero-order chi connectivity index (χ0) is 17.4. The summed E-state index contributed by atoms with van der Waals surface area (Å²) in [6, 6.07) is 7.71. The molecular formula is C20H25N3O2. The number of amides is 1. The molecule has 1 aromatic heterocycles. The zero-order valence-electron chi connectivity index (χ0n) is 14.8. The largest absolute Gasteiger partial charge is 0.338 e. The smallest absolute Gasteiger partial charge is 0.261 e. The van der Waals surface area contributed by atoms with Crippen LogP contribution in [0.3, 0.4) is 0 Å². The molecular weight excluding hydrogens is 314 g/mol. The monoisotopic (exact) mass is 339 g/mol. The van der Waals surface area contributed by atoms with E-state index in [9.17, 15) is 9.59 Å². The van der Waals surface area contributed by atoms with Crippen molar-refractivity contribution in [3.8, 4) is 0 Å². The minimum atomic E-state index is -0.117. The maximum absolute atomic E-state index is 13.0. The summed E-state index contributed by atoms with van der Waals surface area (Å²) in [5, 5.41) is 0.579. The Morgan fingerprint density at radius 3 is 2.80 bits per heavy atom. The number of carbonyl (C=O) groups is 1. The maximum Gasteiger partial charge on any atom is 0.261 e. The fourth-order valence-corrected chi connectivity index (χ4v) is 4.63. The van der Waals surface area contributed by atoms with Crippen molar-refractivity contribution in [1.29, 1.82) is 0 Å². The molecule has 1 aliphatic heterocycles. The molecule has 2 aliphatic rings. The number of carbonyl (C=O) groups excluding carboxylic acids is 1. The standard InChI is InChI=1S/C20H25N3O2/c1-14-21-17-10-4-3-9-16(17)20(25)23(14)13-19(24)22-12-6-8-15-7-2-5-11-18(15)22/h3-4,9-10,15,18H,2,5-8,11-13H2,1H3/t15-,18+/m1/s1. The van der Waals surface area contributed by atoms with Gasteiger partial charge >= 0.3 is 0 Å². The number of benzene rings is 1. The Labute approximate surface area is 147 Å². The summed E-state index contributed by atoms with van der Waals surface area (Å²) < 4.78 is 1.54. The lowest BCUT2D eigenvalue weighted by Crippen LogP contribution is -2.51. The molecule has 1 saturated heterocycles. The molecule has 5 nitrogen and oxygen atoms in total. The van der Waals surface area contributed by atoms with Gasteiger partial charge in [-0.3, -0.25) is 14.2 Å². The summed E-state index contributed by atoms with van der Waals surface area (Å²) >= 11 is 0. The van der Waals surface area contributed by atoms with Crippen LogP contribution in [-0.4, -0.2) is 32.9 Å². The predicted molar refractivity (Wildman–Crippen MR) is 97.4 cm³/mol. The van der Waals surface area contributed by atoms with Crippen LogP contribution in [0.4, 0.5) is 0 Å². The second-order valence-corrected chi connectivity index (χ2v) is 7.41. The summed E-state index contributed by atoms with van der Waals surface area (Å²) in [5.41, 5.74) is 0.577. The first-order valence-electron chi connectivity index (χ1n) is 9.41. The van der Waals surface area contributed by atoms with Crippen molar-refractivity contribution in [2.75, 3.05) is 6.54 Å². The Bertz CT molecular complexity index is 856. The van der Waals surface area contributed by atoms with Crippen molar-refractivity contribution in [2.45, 2.75) is 58.0 Å². The molecule has 0 N–H and O–H groups in total. The summed E-state index contributed by atoms with van der Waals surface area (Å²) in [6.45, 7) is 2.74. The van der Waals surface area contributed by atoms with Crippen molar-refractivity contribution in [3.05, 3.63) is 40.4 Å². The van der Waals surface area contributed by atoms with Crippen LogP contribution in [0.5, 0.6) is 0 Å². The van der Waals surface area contributed by atoms with Gasteiger partial charge in [-0.25, -0.2) is 4.98 Å². The highest BCUT2D eigenvalue weighted by Crippen LogP contribution is 2.35. The fourth-order valence-electron chi connectivity index (χ4n) is 4.63. The number of aromatic nitrogens is 2. The van der Waals surface area contributed by atoms with Gasteiger partial charge in [-0.15, -0.1) is 0 Å². The highest BCUT2D eigenvalue weighted by molar-refractivity contribution is 5.79. The molecule has 1 amide bonds. The molecule has 1 aliphatic carbocycles. The molecule has 0 spiro atoms. The molecule has 4 rings (SSSR count). The van der Waals surface area contributed by atoms with Crippen molar-refractivity contribution in [1.82, 2.24) is 14.5 Å². The lowest BCUT2D eigenvalue weighted by Gasteiger charge is -2.44. The van der Waals surface area contributed by atoms with Gasteiger partial charge in [0.05, 0.1) is 10.9 Å². The first-order valence-corrected chi connectivity index (χ1v) is 9.41. The molecule has 132 valence electrons. The molecule has 0 unspecified atom stereocenters. The minimum absolute atomic E-state index is 0.0684. The topological polar surface area (TPSA) is 55.2 Å². The Morgan fingerprint density at radius 1 is 1.16 bits per heavy atom. The number of piperidine rings is 1. The van der Waals surface area contributed by atoms with Gasteiger partial charge in [0.1, 0.15) is 12.4 Å². The van der Waals surface area contributed by atoms with Crippen molar-refractivity contribution >= 4 is 16.8 Å². The first kappa shape index (κ1) is 16.3. The molecule has 0 radical (unpaired) electrons. The van der Waals surface area contributed by atoms with Gasteiger partial charge < -0.3 is 4.90 Å². The third kappa shape index (κ3) is 2.96. The Morgan fingerprint density at radius 2 is 1.92 bits per heavy atom. The van der Waals surface area contributed by atoms with Crippen LogP contribution in [0.2, 0.25) is 0 Å². The summed E-state index contributed by atoms with van der Waals surface area (Å²) in [7, 11) is 0. The van der Waals surface area contributed by atoms with Gasteiger partial charge in [0.2, 0.25) is 5.91 Å². The van der Waals surface area contributed by atoms with E-state index in [0.717, 1.165) is 19.4 Å². The van der Waals surface area contributed by atoms with Crippen LogP contribution in [-0.2, 0) is 11.3 Å². The predicted octanol–water partition coefficient (Wildman–Crippen LogP) is 2.89. The van der Waals surface area contributed by atoms with Crippen LogP contribution in [0.1, 0.15) is 44.3 Å². The highest BCUT2D eigenvalue weighted by Gasteiger charge is 2.35. The van der Waals surface area contributed by atoms with Gasteiger partial charge in [-0.2, -0.15) is 0 Å². The van der Waals surface area contributed by atoms with E-state index in [1.54, 1.807) is 13.0 Å². The Kier molecular flexibility index (Phi) is 4.32. The van der Waals surface area contributed by atoms with Gasteiger partial charge in [0.15, 0.2) is 0 Å². The normalized spacial score (nSPS) is 23.5. The molecule has 2 aromatic rings. The van der Waals surface area contributed by atoms with E-state index in [1.807, 2.05) is 23.1 Å². The van der Waals surface area contributed by atoms with Gasteiger partial charge in [0.25, 0.3) is 5.56 Å². The molecule has 1 aromatic carbocycles. The lowest BCUT2D eigenvalue weighted by atomic mass is 9.78. The van der Waals surface area contributed by atoms with Gasteiger partial charge in [-0.1, -0.05) is 25.0 Å². The molecule has 25 heavy (non-hydrogen) atoms. The second kappa shape index (κ2) is 6.62. The quantitative estimate of drug-likeness (QED) is 0.845. The molecule has 0 bridgehead atoms. The molecule has 2 atom stereocenters. The van der Waals surface area contributed by atoms with Crippen LogP contribution < -0.4 is 5.56 Å². The van der Waals surface area contributed by atoms with Crippen LogP contribution in [0.25, 0.3) is 10.9 Å². The second-order valence-electron chi connectivity index (χ2n) is 7.41. The number of para-hydroxylation sites is 1. The lowest BCUT2D eigenvalue weighted by molar-refractivity contribution is -0.138. The van der Waals surface area contributed by atoms with E-state index in [0.29, 0.717) is 28.7 Å². The molecule has 2 heterocycles. The van der Waals surface area contributed by atoms with Crippen molar-refractivity contribution in [2.24, 2.45) is 5.92 Å². The van der Waals surface area contributed by atoms with Gasteiger partial charge in [-0.05, 0) is 50.7 Å². The average Bonchev–Trinajstić information content (AvgIpc) is 2.64. The van der Waals surface area contributed by atoms with Crippen LogP contribution in [0.15, 0.2) is 29.1 Å². The van der Waals surface area contributed by atoms with Crippen molar-refractivity contribution in [3.63, 3.8) is 0 Å². The average molecular weight is 339 g/mol. The number of likely N-dealkylation sites (tertiary alicyclic amines) is 1. The molecule has 5 heteroatoms. The summed E-state index contributed by atoms with van der Waals surface area (Å²) in [6.07, 6.45) is 7.17. The third-order valence-electron chi connectivity index (χ3n) is 5.91. The van der Waals surface area contributed by atoms with E-state index >= 15 is 0 Å². The van der Waals surface area contributed by atoms with E-state index in [-0.39, 0.29) is 18.0 Å². The number of hydrogen-bond donors (Lipinski definition) is 0. The van der Waals surface area contributed by atoms with Crippen molar-refractivity contribution < 1.29 is 4.79 Å². The number of aryl methyl sites for hydroxylation is 1. The molecule has 1 saturated carbocycles. The number of nitrogens with zero attached hydrogens (tertiary/aromatic N) is 3. The number of fused-ring (bicyclic) bond motifs is 2. The fraction of sp³-hybridized carbons (Fsp3) is 0.550. The van der Waals surface area contributed by atoms with Gasteiger partial charge in [0, 0.05) is 12.6 Å². The Hall–Kier alpha value is -2.17. The third-order valence-corrected chi connectivity index (χ3v) is 5.91. The number of rotatable bonds is 2. The van der Waals surface area contributed by atoms with E-state index in [1.165, 1.54) is 30.3 Å². The zero-order valence-corrected chi connectivity index (χ0v) is 14.8. The molecule has 2 fully saturated rings. The van der Waals surface area contributed by atoms with Crippen LogP contribution in [0, 0.1) is 12.8 Å². The Balaban J connectivity index is 1.62. The maximum atomic E-state index is 13.0. The summed E-state index contributed by atoms with van der Waals surface area (Å²) in [5.74, 6) is 1.33. The van der Waals surface area contributed by atoms with E-state index in [4.69, 9.17) is 0 Å². The summed E-state index contributed by atoms with van der Waals surface area (Å²) in [4.78, 5) is 32.4. The van der Waals surface area contributed by atoms with E-state index in [2.05, 4.69) is 4.98 Å². The first-order chi connectivity index (χ1) is 12.1. The highest BCUT2D eigenvalue weighted by atomic mass is 16.2.